The minimum absolute atomic E-state index is 0.241. The molecule has 2 rings (SSSR count). The second kappa shape index (κ2) is 6.16. The van der Waals surface area contributed by atoms with Gasteiger partial charge < -0.3 is 15.8 Å². The molecule has 3 N–H and O–H groups in total. The van der Waals surface area contributed by atoms with Crippen LogP contribution in [0.15, 0.2) is 12.3 Å². The first-order valence-electron chi connectivity index (χ1n) is 6.77. The maximum Gasteiger partial charge on any atom is 0.128 e. The summed E-state index contributed by atoms with van der Waals surface area (Å²) in [5, 5.41) is 3.49. The zero-order valence-corrected chi connectivity index (χ0v) is 11.3. The van der Waals surface area contributed by atoms with Crippen LogP contribution >= 0.6 is 0 Å². The average molecular weight is 249 g/mol. The Balaban J connectivity index is 2.14. The van der Waals surface area contributed by atoms with Gasteiger partial charge in [-0.3, -0.25) is 0 Å². The van der Waals surface area contributed by atoms with Crippen LogP contribution in [-0.4, -0.2) is 24.2 Å². The smallest absolute Gasteiger partial charge is 0.128 e. The standard InChI is InChI=1S/C14H23N3O/c1-3-16-13(8-11-5-4-6-18-11)12-7-10(2)9-17-14(12)15/h7,9,11,13,16H,3-6,8H2,1-2H3,(H2,15,17). The molecule has 1 saturated heterocycles. The third-order valence-corrected chi connectivity index (χ3v) is 3.43. The highest BCUT2D eigenvalue weighted by Crippen LogP contribution is 2.28. The van der Waals surface area contributed by atoms with Crippen molar-refractivity contribution in [2.45, 2.75) is 45.3 Å². The van der Waals surface area contributed by atoms with E-state index in [1.165, 1.54) is 6.42 Å². The van der Waals surface area contributed by atoms with Gasteiger partial charge in [0.15, 0.2) is 0 Å². The van der Waals surface area contributed by atoms with Crippen LogP contribution in [0.4, 0.5) is 5.82 Å². The van der Waals surface area contributed by atoms with Crippen molar-refractivity contribution in [3.05, 3.63) is 23.4 Å². The molecule has 18 heavy (non-hydrogen) atoms. The second-order valence-corrected chi connectivity index (χ2v) is 4.97. The highest BCUT2D eigenvalue weighted by Gasteiger charge is 2.23. The molecule has 1 aliphatic heterocycles. The number of anilines is 1. The van der Waals surface area contributed by atoms with Crippen molar-refractivity contribution in [3.63, 3.8) is 0 Å². The summed E-state index contributed by atoms with van der Waals surface area (Å²) in [4.78, 5) is 4.25. The van der Waals surface area contributed by atoms with Gasteiger partial charge in [-0.05, 0) is 44.4 Å². The van der Waals surface area contributed by atoms with Crippen molar-refractivity contribution in [2.24, 2.45) is 0 Å². The van der Waals surface area contributed by atoms with E-state index in [0.717, 1.165) is 37.1 Å². The summed E-state index contributed by atoms with van der Waals surface area (Å²) >= 11 is 0. The predicted molar refractivity (Wildman–Crippen MR) is 73.4 cm³/mol. The summed E-state index contributed by atoms with van der Waals surface area (Å²) < 4.78 is 5.72. The molecular weight excluding hydrogens is 226 g/mol. The molecule has 100 valence electrons. The lowest BCUT2D eigenvalue weighted by Gasteiger charge is -2.22. The molecule has 0 radical (unpaired) electrons. The summed E-state index contributed by atoms with van der Waals surface area (Å²) in [7, 11) is 0. The highest BCUT2D eigenvalue weighted by molar-refractivity contribution is 5.43. The van der Waals surface area contributed by atoms with Crippen molar-refractivity contribution in [1.82, 2.24) is 10.3 Å². The molecule has 0 spiro atoms. The van der Waals surface area contributed by atoms with Crippen LogP contribution in [0, 0.1) is 6.92 Å². The van der Waals surface area contributed by atoms with Crippen molar-refractivity contribution in [2.75, 3.05) is 18.9 Å². The van der Waals surface area contributed by atoms with E-state index in [4.69, 9.17) is 10.5 Å². The number of nitrogens with two attached hydrogens (primary N) is 1. The Labute approximate surface area is 109 Å². The first-order valence-corrected chi connectivity index (χ1v) is 6.77. The second-order valence-electron chi connectivity index (χ2n) is 4.97. The Bertz CT molecular complexity index is 389. The van der Waals surface area contributed by atoms with Crippen LogP contribution in [0.25, 0.3) is 0 Å². The third-order valence-electron chi connectivity index (χ3n) is 3.43. The highest BCUT2D eigenvalue weighted by atomic mass is 16.5. The molecule has 0 bridgehead atoms. The van der Waals surface area contributed by atoms with Gasteiger partial charge in [-0.15, -0.1) is 0 Å². The molecular formula is C14H23N3O. The van der Waals surface area contributed by atoms with Gasteiger partial charge in [-0.2, -0.15) is 0 Å². The van der Waals surface area contributed by atoms with Crippen LogP contribution in [0.3, 0.4) is 0 Å². The van der Waals surface area contributed by atoms with E-state index >= 15 is 0 Å². The number of pyridine rings is 1. The molecule has 4 heteroatoms. The Morgan fingerprint density at radius 3 is 3.11 bits per heavy atom. The summed E-state index contributed by atoms with van der Waals surface area (Å²) in [5.41, 5.74) is 8.25. The molecule has 1 aromatic rings. The Morgan fingerprint density at radius 1 is 1.61 bits per heavy atom. The molecule has 1 fully saturated rings. The number of nitrogens with one attached hydrogen (secondary N) is 1. The number of nitrogens with zero attached hydrogens (tertiary/aromatic N) is 1. The summed E-state index contributed by atoms with van der Waals surface area (Å²) in [6.45, 7) is 5.97. The normalized spacial score (nSPS) is 21.1. The summed E-state index contributed by atoms with van der Waals surface area (Å²) in [5.74, 6) is 0.629. The monoisotopic (exact) mass is 249 g/mol. The maximum absolute atomic E-state index is 6.00. The number of hydrogen-bond acceptors (Lipinski definition) is 4. The lowest BCUT2D eigenvalue weighted by atomic mass is 9.98. The van der Waals surface area contributed by atoms with Crippen LogP contribution in [-0.2, 0) is 4.74 Å². The molecule has 0 saturated carbocycles. The Morgan fingerprint density at radius 2 is 2.44 bits per heavy atom. The van der Waals surface area contributed by atoms with Crippen LogP contribution in [0.5, 0.6) is 0 Å². The first kappa shape index (κ1) is 13.3. The molecule has 0 aliphatic carbocycles. The fourth-order valence-corrected chi connectivity index (χ4v) is 2.54. The molecule has 2 atom stereocenters. The SMILES string of the molecule is CCNC(CC1CCCO1)c1cc(C)cnc1N. The van der Waals surface area contributed by atoms with Crippen LogP contribution < -0.4 is 11.1 Å². The minimum Gasteiger partial charge on any atom is -0.383 e. The van der Waals surface area contributed by atoms with E-state index in [9.17, 15) is 0 Å². The predicted octanol–water partition coefficient (Wildman–Crippen LogP) is 2.19. The number of ether oxygens (including phenoxy) is 1. The fraction of sp³-hybridized carbons (Fsp3) is 0.643. The number of aryl methyl sites for hydroxylation is 1. The van der Waals surface area contributed by atoms with Gasteiger partial charge in [0.1, 0.15) is 5.82 Å². The Kier molecular flexibility index (Phi) is 4.55. The van der Waals surface area contributed by atoms with E-state index < -0.39 is 0 Å². The number of aromatic nitrogens is 1. The minimum atomic E-state index is 0.241. The van der Waals surface area contributed by atoms with Crippen molar-refractivity contribution >= 4 is 5.82 Å². The summed E-state index contributed by atoms with van der Waals surface area (Å²) in [6.07, 6.45) is 5.47. The quantitative estimate of drug-likeness (QED) is 0.840. The molecule has 2 heterocycles. The molecule has 4 nitrogen and oxygen atoms in total. The third kappa shape index (κ3) is 3.21. The molecule has 1 aliphatic rings. The molecule has 2 unspecified atom stereocenters. The van der Waals surface area contributed by atoms with Gasteiger partial charge in [0.2, 0.25) is 0 Å². The Hall–Kier alpha value is -1.13. The van der Waals surface area contributed by atoms with Gasteiger partial charge in [0, 0.05) is 24.4 Å². The zero-order valence-electron chi connectivity index (χ0n) is 11.3. The van der Waals surface area contributed by atoms with Crippen molar-refractivity contribution in [1.29, 1.82) is 0 Å². The van der Waals surface area contributed by atoms with E-state index in [-0.39, 0.29) is 6.04 Å². The lowest BCUT2D eigenvalue weighted by molar-refractivity contribution is 0.0948. The topological polar surface area (TPSA) is 60.2 Å². The summed E-state index contributed by atoms with van der Waals surface area (Å²) in [6, 6.07) is 2.37. The van der Waals surface area contributed by atoms with Gasteiger partial charge >= 0.3 is 0 Å². The first-order chi connectivity index (χ1) is 8.70. The van der Waals surface area contributed by atoms with Crippen molar-refractivity contribution < 1.29 is 4.74 Å². The number of rotatable bonds is 5. The average Bonchev–Trinajstić information content (AvgIpc) is 2.85. The van der Waals surface area contributed by atoms with Gasteiger partial charge in [-0.1, -0.05) is 6.92 Å². The van der Waals surface area contributed by atoms with Crippen LogP contribution in [0.2, 0.25) is 0 Å². The maximum atomic E-state index is 6.00. The van der Waals surface area contributed by atoms with E-state index in [1.54, 1.807) is 0 Å². The van der Waals surface area contributed by atoms with Gasteiger partial charge in [0.05, 0.1) is 6.10 Å². The fourth-order valence-electron chi connectivity index (χ4n) is 2.54. The number of hydrogen-bond donors (Lipinski definition) is 2. The van der Waals surface area contributed by atoms with E-state index in [1.807, 2.05) is 13.1 Å². The van der Waals surface area contributed by atoms with E-state index in [0.29, 0.717) is 11.9 Å². The largest absolute Gasteiger partial charge is 0.383 e. The zero-order chi connectivity index (χ0) is 13.0. The van der Waals surface area contributed by atoms with Crippen molar-refractivity contribution in [3.8, 4) is 0 Å². The van der Waals surface area contributed by atoms with E-state index in [2.05, 4.69) is 23.3 Å². The lowest BCUT2D eigenvalue weighted by Crippen LogP contribution is -2.26. The number of nitrogen functional groups attached to an aromatic ring is 1. The molecule has 0 aromatic carbocycles. The molecule has 0 amide bonds. The van der Waals surface area contributed by atoms with Gasteiger partial charge in [-0.25, -0.2) is 4.98 Å². The molecule has 1 aromatic heterocycles. The van der Waals surface area contributed by atoms with Gasteiger partial charge in [0.25, 0.3) is 0 Å². The van der Waals surface area contributed by atoms with Crippen LogP contribution in [0.1, 0.15) is 43.4 Å².